The summed E-state index contributed by atoms with van der Waals surface area (Å²) in [6.45, 7) is 2.34. The number of hydrogen-bond acceptors (Lipinski definition) is 4. The summed E-state index contributed by atoms with van der Waals surface area (Å²) in [4.78, 5) is 26.8. The minimum Gasteiger partial charge on any atom is -0.506 e. The van der Waals surface area contributed by atoms with Crippen LogP contribution in [0.15, 0.2) is 54.6 Å². The van der Waals surface area contributed by atoms with Crippen LogP contribution in [0.1, 0.15) is 25.3 Å². The Balaban J connectivity index is 1.68. The highest BCUT2D eigenvalue weighted by Gasteiger charge is 2.46. The molecule has 1 saturated heterocycles. The highest BCUT2D eigenvalue weighted by Crippen LogP contribution is 2.32. The molecule has 1 unspecified atom stereocenters. The molecule has 3 rings (SSSR count). The molecule has 0 aromatic heterocycles. The van der Waals surface area contributed by atoms with Crippen LogP contribution >= 0.6 is 0 Å². The Morgan fingerprint density at radius 2 is 1.85 bits per heavy atom. The number of likely N-dealkylation sites (tertiary alicyclic amines) is 1. The first-order chi connectivity index (χ1) is 12.5. The van der Waals surface area contributed by atoms with Crippen LogP contribution in [0.3, 0.4) is 0 Å². The summed E-state index contributed by atoms with van der Waals surface area (Å²) in [5.41, 5.74) is 0.194. The molecule has 6 nitrogen and oxygen atoms in total. The van der Waals surface area contributed by atoms with E-state index in [1.54, 1.807) is 25.1 Å². The van der Waals surface area contributed by atoms with Crippen molar-refractivity contribution < 1.29 is 19.4 Å². The van der Waals surface area contributed by atoms with Crippen molar-refractivity contribution in [3.8, 4) is 5.75 Å². The maximum absolute atomic E-state index is 12.8. The number of hydrogen-bond donors (Lipinski definition) is 2. The zero-order chi connectivity index (χ0) is 18.6. The second-order valence-electron chi connectivity index (χ2n) is 6.54. The smallest absolute Gasteiger partial charge is 0.410 e. The van der Waals surface area contributed by atoms with Gasteiger partial charge in [0.25, 0.3) is 0 Å². The van der Waals surface area contributed by atoms with Gasteiger partial charge in [0.15, 0.2) is 0 Å². The van der Waals surface area contributed by atoms with Gasteiger partial charge >= 0.3 is 6.09 Å². The molecule has 0 spiro atoms. The monoisotopic (exact) mass is 354 g/mol. The fourth-order valence-electron chi connectivity index (χ4n) is 3.13. The van der Waals surface area contributed by atoms with E-state index in [1.165, 1.54) is 11.0 Å². The summed E-state index contributed by atoms with van der Waals surface area (Å²) < 4.78 is 5.39. The molecule has 2 aromatic carbocycles. The van der Waals surface area contributed by atoms with Crippen molar-refractivity contribution >= 4 is 17.7 Å². The molecule has 2 aromatic rings. The minimum absolute atomic E-state index is 0.0133. The molecule has 2 N–H and O–H groups in total. The van der Waals surface area contributed by atoms with Crippen molar-refractivity contribution in [3.05, 3.63) is 60.2 Å². The largest absolute Gasteiger partial charge is 0.506 e. The van der Waals surface area contributed by atoms with Crippen LogP contribution in [0.4, 0.5) is 10.5 Å². The lowest BCUT2D eigenvalue weighted by Crippen LogP contribution is -2.53. The van der Waals surface area contributed by atoms with Crippen molar-refractivity contribution in [1.82, 2.24) is 4.90 Å². The first-order valence-electron chi connectivity index (χ1n) is 8.58. The lowest BCUT2D eigenvalue weighted by atomic mass is 9.97. The van der Waals surface area contributed by atoms with Gasteiger partial charge in [0.2, 0.25) is 5.91 Å². The molecule has 1 heterocycles. The number of ether oxygens (including phenoxy) is 1. The fourth-order valence-corrected chi connectivity index (χ4v) is 3.13. The third kappa shape index (κ3) is 3.64. The van der Waals surface area contributed by atoms with E-state index in [0.717, 1.165) is 5.56 Å². The lowest BCUT2D eigenvalue weighted by molar-refractivity contribution is -0.125. The van der Waals surface area contributed by atoms with Crippen LogP contribution in [0, 0.1) is 0 Å². The van der Waals surface area contributed by atoms with Gasteiger partial charge in [0.05, 0.1) is 5.69 Å². The Morgan fingerprint density at radius 3 is 2.58 bits per heavy atom. The van der Waals surface area contributed by atoms with Gasteiger partial charge in [0, 0.05) is 6.54 Å². The molecule has 0 radical (unpaired) electrons. The molecule has 136 valence electrons. The maximum atomic E-state index is 12.8. The molecule has 2 amide bonds. The average molecular weight is 354 g/mol. The summed E-state index contributed by atoms with van der Waals surface area (Å²) in [5, 5.41) is 12.6. The Bertz CT molecular complexity index is 793. The number of anilines is 1. The number of carbonyl (C=O) groups excluding carboxylic acids is 2. The zero-order valence-corrected chi connectivity index (χ0v) is 14.6. The third-order valence-corrected chi connectivity index (χ3v) is 4.71. The Kier molecular flexibility index (Phi) is 5.11. The predicted octanol–water partition coefficient (Wildman–Crippen LogP) is 3.52. The fraction of sp³-hybridized carbons (Fsp3) is 0.300. The van der Waals surface area contributed by atoms with Crippen molar-refractivity contribution in [1.29, 1.82) is 0 Å². The molecule has 1 atom stereocenters. The summed E-state index contributed by atoms with van der Waals surface area (Å²) in [5.74, 6) is -0.353. The van der Waals surface area contributed by atoms with E-state index >= 15 is 0 Å². The molecular formula is C20H22N2O4. The highest BCUT2D eigenvalue weighted by atomic mass is 16.6. The standard InChI is InChI=1S/C20H22N2O4/c1-20(18(24)21-16-10-5-6-11-17(16)23)12-7-13-22(20)19(25)26-14-15-8-3-2-4-9-15/h2-6,8-11,23H,7,12-14H2,1H3,(H,21,24). The first-order valence-corrected chi connectivity index (χ1v) is 8.58. The second kappa shape index (κ2) is 7.47. The molecule has 0 bridgehead atoms. The normalized spacial score (nSPS) is 19.2. The van der Waals surface area contributed by atoms with Crippen LogP contribution in [-0.4, -0.2) is 34.1 Å². The summed E-state index contributed by atoms with van der Waals surface area (Å²) >= 11 is 0. The summed E-state index contributed by atoms with van der Waals surface area (Å²) in [6, 6.07) is 15.9. The number of phenols is 1. The van der Waals surface area contributed by atoms with Crippen LogP contribution < -0.4 is 5.32 Å². The SMILES string of the molecule is CC1(C(=O)Nc2ccccc2O)CCCN1C(=O)OCc1ccccc1. The number of para-hydroxylation sites is 2. The van der Waals surface area contributed by atoms with Crippen LogP contribution in [-0.2, 0) is 16.1 Å². The second-order valence-corrected chi connectivity index (χ2v) is 6.54. The van der Waals surface area contributed by atoms with E-state index in [1.807, 2.05) is 30.3 Å². The van der Waals surface area contributed by atoms with E-state index < -0.39 is 11.6 Å². The number of benzene rings is 2. The van der Waals surface area contributed by atoms with Crippen LogP contribution in [0.25, 0.3) is 0 Å². The van der Waals surface area contributed by atoms with E-state index in [4.69, 9.17) is 4.74 Å². The van der Waals surface area contributed by atoms with Gasteiger partial charge in [-0.15, -0.1) is 0 Å². The van der Waals surface area contributed by atoms with Gasteiger partial charge in [-0.25, -0.2) is 4.79 Å². The molecule has 1 aliphatic rings. The number of carbonyl (C=O) groups is 2. The van der Waals surface area contributed by atoms with Crippen LogP contribution in [0.2, 0.25) is 0 Å². The molecule has 1 fully saturated rings. The minimum atomic E-state index is -1.02. The van der Waals surface area contributed by atoms with Gasteiger partial charge in [-0.1, -0.05) is 42.5 Å². The molecular weight excluding hydrogens is 332 g/mol. The quantitative estimate of drug-likeness (QED) is 0.824. The van der Waals surface area contributed by atoms with Crippen molar-refractivity contribution in [2.45, 2.75) is 31.9 Å². The number of nitrogens with one attached hydrogen (secondary N) is 1. The number of amides is 2. The predicted molar refractivity (Wildman–Crippen MR) is 97.7 cm³/mol. The van der Waals surface area contributed by atoms with Crippen molar-refractivity contribution in [3.63, 3.8) is 0 Å². The molecule has 26 heavy (non-hydrogen) atoms. The zero-order valence-electron chi connectivity index (χ0n) is 14.6. The topological polar surface area (TPSA) is 78.9 Å². The summed E-state index contributed by atoms with van der Waals surface area (Å²) in [7, 11) is 0. The first kappa shape index (κ1) is 17.8. The van der Waals surface area contributed by atoms with E-state index in [0.29, 0.717) is 25.1 Å². The van der Waals surface area contributed by atoms with Gasteiger partial charge in [-0.3, -0.25) is 9.69 Å². The Labute approximate surface area is 152 Å². The molecule has 0 aliphatic carbocycles. The van der Waals surface area contributed by atoms with Crippen molar-refractivity contribution in [2.24, 2.45) is 0 Å². The third-order valence-electron chi connectivity index (χ3n) is 4.71. The summed E-state index contributed by atoms with van der Waals surface area (Å²) in [6.07, 6.45) is 0.735. The van der Waals surface area contributed by atoms with Crippen molar-refractivity contribution in [2.75, 3.05) is 11.9 Å². The Hall–Kier alpha value is -3.02. The molecule has 0 saturated carbocycles. The maximum Gasteiger partial charge on any atom is 0.410 e. The van der Waals surface area contributed by atoms with Gasteiger partial charge < -0.3 is 15.2 Å². The van der Waals surface area contributed by atoms with Crippen LogP contribution in [0.5, 0.6) is 5.75 Å². The van der Waals surface area contributed by atoms with Gasteiger partial charge in [-0.05, 0) is 37.5 Å². The van der Waals surface area contributed by atoms with Gasteiger partial charge in [-0.2, -0.15) is 0 Å². The number of nitrogens with zero attached hydrogens (tertiary/aromatic N) is 1. The number of phenolic OH excluding ortho intramolecular Hbond substituents is 1. The number of aromatic hydroxyl groups is 1. The van der Waals surface area contributed by atoms with Gasteiger partial charge in [0.1, 0.15) is 17.9 Å². The lowest BCUT2D eigenvalue weighted by Gasteiger charge is -2.33. The molecule has 1 aliphatic heterocycles. The Morgan fingerprint density at radius 1 is 1.15 bits per heavy atom. The average Bonchev–Trinajstić information content (AvgIpc) is 3.05. The van der Waals surface area contributed by atoms with E-state index in [2.05, 4.69) is 5.32 Å². The highest BCUT2D eigenvalue weighted by molar-refractivity contribution is 6.00. The van der Waals surface area contributed by atoms with E-state index in [-0.39, 0.29) is 18.3 Å². The van der Waals surface area contributed by atoms with E-state index in [9.17, 15) is 14.7 Å². The molecule has 6 heteroatoms. The number of rotatable bonds is 4.